The summed E-state index contributed by atoms with van der Waals surface area (Å²) in [7, 11) is 0. The highest BCUT2D eigenvalue weighted by Gasteiger charge is 2.23. The number of aldehydes is 1. The molecule has 3 rings (SSSR count). The second-order valence-electron chi connectivity index (χ2n) is 4.78. The molecule has 0 aliphatic carbocycles. The summed E-state index contributed by atoms with van der Waals surface area (Å²) in [6, 6.07) is 14.4. The number of hydrogen-bond acceptors (Lipinski definition) is 3. The predicted octanol–water partition coefficient (Wildman–Crippen LogP) is 2.28. The van der Waals surface area contributed by atoms with E-state index in [9.17, 15) is 9.59 Å². The molecule has 0 aromatic heterocycles. The minimum Gasteiger partial charge on any atom is -0.482 e. The lowest BCUT2D eigenvalue weighted by Gasteiger charge is -2.27. The molecule has 0 unspecified atom stereocenters. The van der Waals surface area contributed by atoms with Crippen molar-refractivity contribution in [3.63, 3.8) is 0 Å². The molecule has 0 saturated carbocycles. The van der Waals surface area contributed by atoms with Crippen LogP contribution in [0.3, 0.4) is 0 Å². The molecule has 0 spiro atoms. The van der Waals surface area contributed by atoms with Crippen molar-refractivity contribution in [2.75, 3.05) is 18.1 Å². The number of anilines is 1. The van der Waals surface area contributed by atoms with E-state index in [2.05, 4.69) is 11.8 Å². The number of para-hydroxylation sites is 2. The number of rotatable bonds is 2. The second kappa shape index (κ2) is 6.15. The van der Waals surface area contributed by atoms with Crippen LogP contribution in [0.15, 0.2) is 48.5 Å². The Bertz CT molecular complexity index is 769. The van der Waals surface area contributed by atoms with Gasteiger partial charge in [0.1, 0.15) is 12.0 Å². The number of carbonyl (C=O) groups excluding carboxylic acids is 2. The van der Waals surface area contributed by atoms with E-state index in [4.69, 9.17) is 4.74 Å². The maximum Gasteiger partial charge on any atom is 0.265 e. The van der Waals surface area contributed by atoms with E-state index in [1.54, 1.807) is 29.2 Å². The van der Waals surface area contributed by atoms with Gasteiger partial charge in [0.25, 0.3) is 5.91 Å². The molecule has 2 aromatic carbocycles. The van der Waals surface area contributed by atoms with Crippen molar-refractivity contribution >= 4 is 17.9 Å². The number of hydrogen-bond donors (Lipinski definition) is 0. The zero-order valence-electron chi connectivity index (χ0n) is 11.8. The normalized spacial score (nSPS) is 12.7. The van der Waals surface area contributed by atoms with Gasteiger partial charge in [-0.15, -0.1) is 0 Å². The SMILES string of the molecule is O=Cc1ccc(C#CCN2C(=O)COc3ccccc32)cc1. The van der Waals surface area contributed by atoms with Crippen LogP contribution in [0.2, 0.25) is 0 Å². The van der Waals surface area contributed by atoms with Crippen LogP contribution in [0.5, 0.6) is 5.75 Å². The molecule has 2 aromatic rings. The number of fused-ring (bicyclic) bond motifs is 1. The summed E-state index contributed by atoms with van der Waals surface area (Å²) in [6.45, 7) is 0.335. The Balaban J connectivity index is 1.77. The number of nitrogens with zero attached hydrogens (tertiary/aromatic N) is 1. The van der Waals surface area contributed by atoms with Crippen molar-refractivity contribution in [3.05, 3.63) is 59.7 Å². The molecule has 0 bridgehead atoms. The quantitative estimate of drug-likeness (QED) is 0.630. The second-order valence-corrected chi connectivity index (χ2v) is 4.78. The topological polar surface area (TPSA) is 46.6 Å². The fourth-order valence-electron chi connectivity index (χ4n) is 2.19. The van der Waals surface area contributed by atoms with E-state index in [1.807, 2.05) is 24.3 Å². The lowest BCUT2D eigenvalue weighted by Crippen LogP contribution is -2.38. The van der Waals surface area contributed by atoms with Crippen molar-refractivity contribution in [1.29, 1.82) is 0 Å². The first kappa shape index (κ1) is 13.9. The molecule has 0 radical (unpaired) electrons. The maximum atomic E-state index is 12.0. The molecule has 0 N–H and O–H groups in total. The van der Waals surface area contributed by atoms with E-state index >= 15 is 0 Å². The number of amides is 1. The molecular formula is C18H13NO3. The minimum absolute atomic E-state index is 0.0344. The fourth-order valence-corrected chi connectivity index (χ4v) is 2.19. The third-order valence-corrected chi connectivity index (χ3v) is 3.32. The summed E-state index contributed by atoms with van der Waals surface area (Å²) < 4.78 is 5.38. The molecule has 1 amide bonds. The third-order valence-electron chi connectivity index (χ3n) is 3.32. The van der Waals surface area contributed by atoms with Gasteiger partial charge in [0.15, 0.2) is 6.61 Å². The molecule has 1 heterocycles. The molecule has 1 aliphatic heterocycles. The summed E-state index contributed by atoms with van der Waals surface area (Å²) in [5.74, 6) is 6.57. The predicted molar refractivity (Wildman–Crippen MR) is 83.0 cm³/mol. The van der Waals surface area contributed by atoms with E-state index in [-0.39, 0.29) is 12.5 Å². The van der Waals surface area contributed by atoms with E-state index < -0.39 is 0 Å². The highest BCUT2D eigenvalue weighted by atomic mass is 16.5. The van der Waals surface area contributed by atoms with Crippen LogP contribution >= 0.6 is 0 Å². The highest BCUT2D eigenvalue weighted by molar-refractivity contribution is 5.98. The third kappa shape index (κ3) is 2.84. The van der Waals surface area contributed by atoms with Gasteiger partial charge in [-0.2, -0.15) is 0 Å². The Labute approximate surface area is 128 Å². The Morgan fingerprint density at radius 1 is 1.14 bits per heavy atom. The van der Waals surface area contributed by atoms with Crippen molar-refractivity contribution < 1.29 is 14.3 Å². The van der Waals surface area contributed by atoms with E-state index in [1.165, 1.54) is 0 Å². The van der Waals surface area contributed by atoms with Gasteiger partial charge >= 0.3 is 0 Å². The van der Waals surface area contributed by atoms with Crippen LogP contribution in [0, 0.1) is 11.8 Å². The van der Waals surface area contributed by atoms with E-state index in [0.717, 1.165) is 17.5 Å². The zero-order chi connectivity index (χ0) is 15.4. The van der Waals surface area contributed by atoms with Crippen molar-refractivity contribution in [2.24, 2.45) is 0 Å². The van der Waals surface area contributed by atoms with Crippen LogP contribution in [-0.4, -0.2) is 25.3 Å². The van der Waals surface area contributed by atoms with E-state index in [0.29, 0.717) is 17.9 Å². The molecule has 0 atom stereocenters. The Morgan fingerprint density at radius 2 is 1.91 bits per heavy atom. The van der Waals surface area contributed by atoms with Crippen molar-refractivity contribution in [2.45, 2.75) is 0 Å². The van der Waals surface area contributed by atoms with Crippen LogP contribution in [0.25, 0.3) is 0 Å². The molecule has 1 aliphatic rings. The highest BCUT2D eigenvalue weighted by Crippen LogP contribution is 2.30. The largest absolute Gasteiger partial charge is 0.482 e. The number of benzene rings is 2. The number of carbonyl (C=O) groups is 2. The Morgan fingerprint density at radius 3 is 2.68 bits per heavy atom. The molecular weight excluding hydrogens is 278 g/mol. The lowest BCUT2D eigenvalue weighted by atomic mass is 10.1. The average Bonchev–Trinajstić information content (AvgIpc) is 2.57. The molecule has 108 valence electrons. The van der Waals surface area contributed by atoms with Gasteiger partial charge in [0, 0.05) is 11.1 Å². The van der Waals surface area contributed by atoms with Crippen LogP contribution in [0.4, 0.5) is 5.69 Å². The smallest absolute Gasteiger partial charge is 0.265 e. The minimum atomic E-state index is -0.107. The molecule has 0 saturated heterocycles. The molecule has 22 heavy (non-hydrogen) atoms. The van der Waals surface area contributed by atoms with Crippen LogP contribution < -0.4 is 9.64 Å². The van der Waals surface area contributed by atoms with Crippen molar-refractivity contribution in [1.82, 2.24) is 0 Å². The molecule has 4 nitrogen and oxygen atoms in total. The Hall–Kier alpha value is -3.06. The average molecular weight is 291 g/mol. The van der Waals surface area contributed by atoms with Gasteiger partial charge in [-0.1, -0.05) is 36.1 Å². The maximum absolute atomic E-state index is 12.0. The first-order chi connectivity index (χ1) is 10.8. The Kier molecular flexibility index (Phi) is 3.88. The zero-order valence-corrected chi connectivity index (χ0v) is 11.8. The van der Waals surface area contributed by atoms with Crippen LogP contribution in [0.1, 0.15) is 15.9 Å². The van der Waals surface area contributed by atoms with Gasteiger partial charge in [-0.25, -0.2) is 0 Å². The standard InChI is InChI=1S/C18H13NO3/c20-12-15-9-7-14(8-10-15)4-3-11-19-16-5-1-2-6-17(16)22-13-18(19)21/h1-2,5-10,12H,11,13H2. The van der Waals surface area contributed by atoms with Crippen LogP contribution in [-0.2, 0) is 4.79 Å². The van der Waals surface area contributed by atoms with Gasteiger partial charge in [0.05, 0.1) is 12.2 Å². The summed E-state index contributed by atoms with van der Waals surface area (Å²) >= 11 is 0. The summed E-state index contributed by atoms with van der Waals surface area (Å²) in [5.41, 5.74) is 2.16. The number of ether oxygens (including phenoxy) is 1. The molecule has 0 fully saturated rings. The fraction of sp³-hybridized carbons (Fsp3) is 0.111. The van der Waals surface area contributed by atoms with Gasteiger partial charge in [-0.05, 0) is 24.3 Å². The monoisotopic (exact) mass is 291 g/mol. The van der Waals surface area contributed by atoms with Gasteiger partial charge in [0.2, 0.25) is 0 Å². The summed E-state index contributed by atoms with van der Waals surface area (Å²) in [5, 5.41) is 0. The first-order valence-electron chi connectivity index (χ1n) is 6.84. The first-order valence-corrected chi connectivity index (χ1v) is 6.84. The molecule has 4 heteroatoms. The van der Waals surface area contributed by atoms with Gasteiger partial charge < -0.3 is 4.74 Å². The summed E-state index contributed by atoms with van der Waals surface area (Å²) in [6.07, 6.45) is 0.792. The van der Waals surface area contributed by atoms with Crippen molar-refractivity contribution in [3.8, 4) is 17.6 Å². The summed E-state index contributed by atoms with van der Waals surface area (Å²) in [4.78, 5) is 24.2. The van der Waals surface area contributed by atoms with Gasteiger partial charge in [-0.3, -0.25) is 14.5 Å². The lowest BCUT2D eigenvalue weighted by molar-refractivity contribution is -0.121.